The van der Waals surface area contributed by atoms with Crippen LogP contribution in [0.5, 0.6) is 0 Å². The van der Waals surface area contributed by atoms with Gasteiger partial charge >= 0.3 is 0 Å². The van der Waals surface area contributed by atoms with Crippen molar-refractivity contribution in [3.63, 3.8) is 0 Å². The highest BCUT2D eigenvalue weighted by molar-refractivity contribution is 5.08. The fourth-order valence-electron chi connectivity index (χ4n) is 6.15. The molecular weight excluding hydrogens is 306 g/mol. The van der Waals surface area contributed by atoms with E-state index in [4.69, 9.17) is 4.74 Å². The summed E-state index contributed by atoms with van der Waals surface area (Å²) < 4.78 is 6.26. The summed E-state index contributed by atoms with van der Waals surface area (Å²) in [5.74, 6) is 3.70. The normalized spacial score (nSPS) is 36.7. The minimum absolute atomic E-state index is 0.183. The van der Waals surface area contributed by atoms with Crippen LogP contribution in [0, 0.1) is 23.7 Å². The summed E-state index contributed by atoms with van der Waals surface area (Å²) in [4.78, 5) is 0. The molecule has 4 bridgehead atoms. The standard InChI is InChI=1S/C23H39NO/c1-17(2)6-5-7-18(3)8-10-24-11-9-23(25-4)21-13-19-12-20(15-21)16-22(23)14-19/h6,8,19-22,24H,5,7,9-16H2,1-4H3/b18-8+. The Morgan fingerprint density at radius 1 is 1.00 bits per heavy atom. The molecule has 4 rings (SSSR count). The van der Waals surface area contributed by atoms with Crippen LogP contribution in [0.4, 0.5) is 0 Å². The molecule has 0 heterocycles. The summed E-state index contributed by atoms with van der Waals surface area (Å²) >= 11 is 0. The first-order valence-electron chi connectivity index (χ1n) is 10.6. The lowest BCUT2D eigenvalue weighted by Crippen LogP contribution is -2.59. The van der Waals surface area contributed by atoms with Gasteiger partial charge < -0.3 is 10.1 Å². The molecule has 2 nitrogen and oxygen atoms in total. The van der Waals surface area contributed by atoms with E-state index in [0.717, 1.165) is 36.8 Å². The van der Waals surface area contributed by atoms with E-state index in [1.165, 1.54) is 62.5 Å². The van der Waals surface area contributed by atoms with Crippen LogP contribution in [0.15, 0.2) is 23.3 Å². The average molecular weight is 346 g/mol. The molecular formula is C23H39NO. The summed E-state index contributed by atoms with van der Waals surface area (Å²) in [6.45, 7) is 8.70. The van der Waals surface area contributed by atoms with Crippen LogP contribution in [0.2, 0.25) is 0 Å². The van der Waals surface area contributed by atoms with Crippen molar-refractivity contribution in [3.8, 4) is 0 Å². The van der Waals surface area contributed by atoms with Gasteiger partial charge in [0.05, 0.1) is 5.60 Å². The lowest BCUT2D eigenvalue weighted by atomic mass is 9.49. The molecule has 1 N–H and O–H groups in total. The van der Waals surface area contributed by atoms with Crippen LogP contribution in [-0.4, -0.2) is 25.8 Å². The molecule has 142 valence electrons. The number of ether oxygens (including phenoxy) is 1. The molecule has 0 amide bonds. The fraction of sp³-hybridized carbons (Fsp3) is 0.826. The van der Waals surface area contributed by atoms with Gasteiger partial charge in [-0.25, -0.2) is 0 Å². The molecule has 0 saturated heterocycles. The monoisotopic (exact) mass is 345 g/mol. The molecule has 0 aromatic heterocycles. The van der Waals surface area contributed by atoms with Gasteiger partial charge in [0.2, 0.25) is 0 Å². The Morgan fingerprint density at radius 3 is 2.20 bits per heavy atom. The minimum atomic E-state index is 0.183. The maximum Gasteiger partial charge on any atom is 0.0747 e. The molecule has 4 aliphatic carbocycles. The molecule has 25 heavy (non-hydrogen) atoms. The number of nitrogens with one attached hydrogen (secondary N) is 1. The first-order valence-corrected chi connectivity index (χ1v) is 10.6. The van der Waals surface area contributed by atoms with Gasteiger partial charge in [-0.15, -0.1) is 0 Å². The first kappa shape index (κ1) is 19.2. The van der Waals surface area contributed by atoms with Crippen molar-refractivity contribution in [2.24, 2.45) is 23.7 Å². The summed E-state index contributed by atoms with van der Waals surface area (Å²) in [5, 5.41) is 3.66. The second kappa shape index (κ2) is 8.39. The number of allylic oxidation sites excluding steroid dienone is 3. The van der Waals surface area contributed by atoms with Gasteiger partial charge in [0.15, 0.2) is 0 Å². The summed E-state index contributed by atoms with van der Waals surface area (Å²) in [5.41, 5.74) is 3.11. The number of hydrogen-bond acceptors (Lipinski definition) is 2. The molecule has 0 atom stereocenters. The van der Waals surface area contributed by atoms with Crippen molar-refractivity contribution in [2.75, 3.05) is 20.2 Å². The average Bonchev–Trinajstić information content (AvgIpc) is 2.56. The topological polar surface area (TPSA) is 21.3 Å². The minimum Gasteiger partial charge on any atom is -0.378 e. The Morgan fingerprint density at radius 2 is 1.64 bits per heavy atom. The van der Waals surface area contributed by atoms with Crippen LogP contribution in [0.3, 0.4) is 0 Å². The quantitative estimate of drug-likeness (QED) is 0.440. The number of methoxy groups -OCH3 is 1. The zero-order valence-corrected chi connectivity index (χ0v) is 16.9. The lowest BCUT2D eigenvalue weighted by Gasteiger charge is -2.60. The van der Waals surface area contributed by atoms with E-state index in [1.54, 1.807) is 0 Å². The number of hydrogen-bond donors (Lipinski definition) is 1. The van der Waals surface area contributed by atoms with Gasteiger partial charge in [-0.2, -0.15) is 0 Å². The molecule has 0 aromatic carbocycles. The van der Waals surface area contributed by atoms with Crippen molar-refractivity contribution >= 4 is 0 Å². The summed E-state index contributed by atoms with van der Waals surface area (Å²) in [6, 6.07) is 0. The second-order valence-electron chi connectivity index (χ2n) is 9.29. The smallest absolute Gasteiger partial charge is 0.0747 e. The second-order valence-corrected chi connectivity index (χ2v) is 9.29. The molecule has 0 unspecified atom stereocenters. The molecule has 2 heteroatoms. The number of rotatable bonds is 9. The highest BCUT2D eigenvalue weighted by Crippen LogP contribution is 2.60. The van der Waals surface area contributed by atoms with E-state index in [-0.39, 0.29) is 5.60 Å². The molecule has 0 spiro atoms. The van der Waals surface area contributed by atoms with Crippen LogP contribution in [0.1, 0.15) is 72.1 Å². The van der Waals surface area contributed by atoms with Gasteiger partial charge in [0.1, 0.15) is 0 Å². The van der Waals surface area contributed by atoms with Gasteiger partial charge in [-0.1, -0.05) is 23.3 Å². The molecule has 4 saturated carbocycles. The zero-order chi connectivity index (χ0) is 17.9. The van der Waals surface area contributed by atoms with Gasteiger partial charge in [-0.05, 0) is 102 Å². The Kier molecular flexibility index (Phi) is 6.44. The predicted molar refractivity (Wildman–Crippen MR) is 107 cm³/mol. The highest BCUT2D eigenvalue weighted by Gasteiger charge is 2.57. The molecule has 0 radical (unpaired) electrons. The van der Waals surface area contributed by atoms with Crippen molar-refractivity contribution < 1.29 is 4.74 Å². The van der Waals surface area contributed by atoms with Crippen molar-refractivity contribution in [3.05, 3.63) is 23.3 Å². The Hall–Kier alpha value is -0.600. The van der Waals surface area contributed by atoms with Crippen LogP contribution >= 0.6 is 0 Å². The van der Waals surface area contributed by atoms with Crippen LogP contribution < -0.4 is 5.32 Å². The van der Waals surface area contributed by atoms with Gasteiger partial charge in [0, 0.05) is 13.7 Å². The van der Waals surface area contributed by atoms with Crippen molar-refractivity contribution in [2.45, 2.75) is 77.7 Å². The van der Waals surface area contributed by atoms with Crippen molar-refractivity contribution in [1.29, 1.82) is 0 Å². The molecule has 4 aliphatic rings. The van der Waals surface area contributed by atoms with E-state index in [2.05, 4.69) is 38.2 Å². The van der Waals surface area contributed by atoms with E-state index in [9.17, 15) is 0 Å². The highest BCUT2D eigenvalue weighted by atomic mass is 16.5. The van der Waals surface area contributed by atoms with Crippen molar-refractivity contribution in [1.82, 2.24) is 5.32 Å². The van der Waals surface area contributed by atoms with E-state index in [1.807, 2.05) is 7.11 Å². The third-order valence-electron chi connectivity index (χ3n) is 7.28. The molecule has 0 aromatic rings. The maximum atomic E-state index is 6.26. The Bertz CT molecular complexity index is 472. The van der Waals surface area contributed by atoms with Crippen LogP contribution in [0.25, 0.3) is 0 Å². The lowest BCUT2D eigenvalue weighted by molar-refractivity contribution is -0.193. The Balaban J connectivity index is 1.43. The third-order valence-corrected chi connectivity index (χ3v) is 7.28. The maximum absolute atomic E-state index is 6.26. The SMILES string of the molecule is COC1(CCNC/C=C(\C)CCC=C(C)C)C2CC3CC(C2)CC1C3. The third kappa shape index (κ3) is 4.39. The zero-order valence-electron chi connectivity index (χ0n) is 16.9. The molecule has 4 fully saturated rings. The van der Waals surface area contributed by atoms with Gasteiger partial charge in [-0.3, -0.25) is 0 Å². The van der Waals surface area contributed by atoms with Gasteiger partial charge in [0.25, 0.3) is 0 Å². The molecule has 0 aliphatic heterocycles. The summed E-state index contributed by atoms with van der Waals surface area (Å²) in [6.07, 6.45) is 15.5. The summed E-state index contributed by atoms with van der Waals surface area (Å²) in [7, 11) is 1.98. The fourth-order valence-corrected chi connectivity index (χ4v) is 6.15. The van der Waals surface area contributed by atoms with Crippen LogP contribution in [-0.2, 0) is 4.74 Å². The first-order chi connectivity index (χ1) is 12.0. The van der Waals surface area contributed by atoms with E-state index in [0.29, 0.717) is 0 Å². The Labute approximate surface area is 155 Å². The largest absolute Gasteiger partial charge is 0.378 e. The van der Waals surface area contributed by atoms with E-state index >= 15 is 0 Å². The van der Waals surface area contributed by atoms with E-state index < -0.39 is 0 Å². The predicted octanol–water partition coefficient (Wildman–Crippen LogP) is 5.50.